The summed E-state index contributed by atoms with van der Waals surface area (Å²) in [5.41, 5.74) is 7.23. The molecule has 0 aliphatic heterocycles. The number of hydrogen-bond acceptors (Lipinski definition) is 4. The summed E-state index contributed by atoms with van der Waals surface area (Å²) >= 11 is 1.43. The van der Waals surface area contributed by atoms with Gasteiger partial charge in [0.15, 0.2) is 0 Å². The molecule has 132 valence electrons. The summed E-state index contributed by atoms with van der Waals surface area (Å²) in [4.78, 5) is 36.8. The van der Waals surface area contributed by atoms with E-state index in [1.165, 1.54) is 18.3 Å². The van der Waals surface area contributed by atoms with Gasteiger partial charge in [-0.25, -0.2) is 0 Å². The Balaban J connectivity index is 1.90. The van der Waals surface area contributed by atoms with Crippen LogP contribution in [0, 0.1) is 6.92 Å². The fraction of sp³-hybridized carbons (Fsp3) is 0.278. The van der Waals surface area contributed by atoms with Crippen LogP contribution in [0.25, 0.3) is 0 Å². The van der Waals surface area contributed by atoms with Crippen molar-refractivity contribution in [3.63, 3.8) is 0 Å². The summed E-state index contributed by atoms with van der Waals surface area (Å²) < 4.78 is 0. The number of nitrogens with one attached hydrogen (secondary N) is 3. The monoisotopic (exact) mass is 359 g/mol. The number of carbonyl (C=O) groups excluding carboxylic acids is 3. The highest BCUT2D eigenvalue weighted by Crippen LogP contribution is 2.21. The number of hydrazine groups is 1. The molecular weight excluding hydrogens is 338 g/mol. The first-order valence-corrected chi connectivity index (χ1v) is 8.75. The van der Waals surface area contributed by atoms with Crippen molar-refractivity contribution in [2.45, 2.75) is 33.7 Å². The molecule has 25 heavy (non-hydrogen) atoms. The Labute approximate surface area is 150 Å². The van der Waals surface area contributed by atoms with Gasteiger partial charge in [-0.2, -0.15) is 0 Å². The van der Waals surface area contributed by atoms with Crippen molar-refractivity contribution < 1.29 is 14.4 Å². The zero-order chi connectivity index (χ0) is 18.4. The standard InChI is InChI=1S/C18H21N3O3S/c1-4-15-11(2)9-16(25-15)18(24)21-20-17(23)14-7-5-13(6-8-14)10-19-12(3)22/h5-9H,4,10H2,1-3H3,(H,19,22)(H,20,23)(H,21,24). The van der Waals surface area contributed by atoms with Gasteiger partial charge in [0, 0.05) is 23.9 Å². The van der Waals surface area contributed by atoms with Crippen LogP contribution in [0.1, 0.15) is 49.9 Å². The van der Waals surface area contributed by atoms with Crippen LogP contribution in [-0.4, -0.2) is 17.7 Å². The third-order valence-corrected chi connectivity index (χ3v) is 4.99. The number of rotatable bonds is 5. The van der Waals surface area contributed by atoms with Gasteiger partial charge in [-0.15, -0.1) is 11.3 Å². The molecule has 1 aromatic heterocycles. The molecule has 0 saturated carbocycles. The van der Waals surface area contributed by atoms with Crippen LogP contribution < -0.4 is 16.2 Å². The topological polar surface area (TPSA) is 87.3 Å². The largest absolute Gasteiger partial charge is 0.352 e. The number of benzene rings is 1. The van der Waals surface area contributed by atoms with Gasteiger partial charge in [-0.05, 0) is 42.7 Å². The first kappa shape index (κ1) is 18.7. The quantitative estimate of drug-likeness (QED) is 0.716. The molecule has 0 saturated heterocycles. The maximum absolute atomic E-state index is 12.1. The maximum Gasteiger partial charge on any atom is 0.279 e. The van der Waals surface area contributed by atoms with Crippen molar-refractivity contribution >= 4 is 29.1 Å². The van der Waals surface area contributed by atoms with Crippen LogP contribution in [-0.2, 0) is 17.8 Å². The van der Waals surface area contributed by atoms with Gasteiger partial charge < -0.3 is 5.32 Å². The Morgan fingerprint density at radius 2 is 1.68 bits per heavy atom. The van der Waals surface area contributed by atoms with Crippen molar-refractivity contribution in [1.82, 2.24) is 16.2 Å². The van der Waals surface area contributed by atoms with E-state index in [1.807, 2.05) is 19.9 Å². The maximum atomic E-state index is 12.1. The predicted molar refractivity (Wildman–Crippen MR) is 97.3 cm³/mol. The van der Waals surface area contributed by atoms with Crippen LogP contribution in [0.5, 0.6) is 0 Å². The van der Waals surface area contributed by atoms with Crippen molar-refractivity contribution in [1.29, 1.82) is 0 Å². The Bertz CT molecular complexity index is 781. The van der Waals surface area contributed by atoms with Crippen molar-refractivity contribution in [3.05, 3.63) is 56.8 Å². The summed E-state index contributed by atoms with van der Waals surface area (Å²) in [5, 5.41) is 2.68. The van der Waals surface area contributed by atoms with Crippen LogP contribution in [0.3, 0.4) is 0 Å². The number of thiophene rings is 1. The Morgan fingerprint density at radius 1 is 1.04 bits per heavy atom. The van der Waals surface area contributed by atoms with E-state index >= 15 is 0 Å². The lowest BCUT2D eigenvalue weighted by Crippen LogP contribution is -2.41. The second kappa shape index (κ2) is 8.43. The molecule has 1 heterocycles. The van der Waals surface area contributed by atoms with E-state index in [1.54, 1.807) is 24.3 Å². The minimum absolute atomic E-state index is 0.112. The third kappa shape index (κ3) is 5.15. The highest BCUT2D eigenvalue weighted by atomic mass is 32.1. The van der Waals surface area contributed by atoms with Crippen LogP contribution in [0.15, 0.2) is 30.3 Å². The fourth-order valence-corrected chi connectivity index (χ4v) is 3.24. The van der Waals surface area contributed by atoms with Gasteiger partial charge in [0.05, 0.1) is 4.88 Å². The minimum atomic E-state index is -0.400. The summed E-state index contributed by atoms with van der Waals surface area (Å²) in [6.07, 6.45) is 0.876. The molecule has 6 nitrogen and oxygen atoms in total. The highest BCUT2D eigenvalue weighted by Gasteiger charge is 2.13. The SMILES string of the molecule is CCc1sc(C(=O)NNC(=O)c2ccc(CNC(C)=O)cc2)cc1C. The lowest BCUT2D eigenvalue weighted by Gasteiger charge is -2.07. The summed E-state index contributed by atoms with van der Waals surface area (Å²) in [7, 11) is 0. The van der Waals surface area contributed by atoms with E-state index in [0.717, 1.165) is 22.4 Å². The van der Waals surface area contributed by atoms with E-state index in [9.17, 15) is 14.4 Å². The molecule has 2 rings (SSSR count). The molecule has 0 aliphatic rings. The van der Waals surface area contributed by atoms with Crippen molar-refractivity contribution in [3.8, 4) is 0 Å². The average Bonchev–Trinajstić information content (AvgIpc) is 2.99. The lowest BCUT2D eigenvalue weighted by molar-refractivity contribution is -0.119. The first-order chi connectivity index (χ1) is 11.9. The zero-order valence-corrected chi connectivity index (χ0v) is 15.3. The van der Waals surface area contributed by atoms with Crippen molar-refractivity contribution in [2.75, 3.05) is 0 Å². The predicted octanol–water partition coefficient (Wildman–Crippen LogP) is 2.33. The molecule has 3 N–H and O–H groups in total. The van der Waals surface area contributed by atoms with Gasteiger partial charge in [-0.1, -0.05) is 19.1 Å². The number of aryl methyl sites for hydroxylation is 2. The average molecular weight is 359 g/mol. The molecule has 0 fully saturated rings. The van der Waals surface area contributed by atoms with Crippen LogP contribution in [0.2, 0.25) is 0 Å². The smallest absolute Gasteiger partial charge is 0.279 e. The van der Waals surface area contributed by atoms with E-state index in [0.29, 0.717) is 17.0 Å². The molecule has 3 amide bonds. The number of amides is 3. The van der Waals surface area contributed by atoms with Gasteiger partial charge in [0.25, 0.3) is 11.8 Å². The zero-order valence-electron chi connectivity index (χ0n) is 14.4. The molecule has 0 unspecified atom stereocenters. The molecule has 0 aliphatic carbocycles. The molecule has 7 heteroatoms. The van der Waals surface area contributed by atoms with Crippen molar-refractivity contribution in [2.24, 2.45) is 0 Å². The molecule has 0 atom stereocenters. The van der Waals surface area contributed by atoms with E-state index in [-0.39, 0.29) is 11.8 Å². The lowest BCUT2D eigenvalue weighted by atomic mass is 10.1. The molecule has 0 bridgehead atoms. The number of hydrogen-bond donors (Lipinski definition) is 3. The summed E-state index contributed by atoms with van der Waals surface area (Å²) in [5.74, 6) is -0.841. The van der Waals surface area contributed by atoms with E-state index < -0.39 is 5.91 Å². The van der Waals surface area contributed by atoms with E-state index in [4.69, 9.17) is 0 Å². The van der Waals surface area contributed by atoms with Gasteiger partial charge in [0.2, 0.25) is 5.91 Å². The Morgan fingerprint density at radius 3 is 2.24 bits per heavy atom. The first-order valence-electron chi connectivity index (χ1n) is 7.94. The second-order valence-electron chi connectivity index (χ2n) is 5.59. The number of carbonyl (C=O) groups is 3. The van der Waals surface area contributed by atoms with E-state index in [2.05, 4.69) is 16.2 Å². The van der Waals surface area contributed by atoms with Crippen LogP contribution in [0.4, 0.5) is 0 Å². The van der Waals surface area contributed by atoms with Crippen LogP contribution >= 0.6 is 11.3 Å². The minimum Gasteiger partial charge on any atom is -0.352 e. The summed E-state index contributed by atoms with van der Waals surface area (Å²) in [6, 6.07) is 8.61. The fourth-order valence-electron chi connectivity index (χ4n) is 2.23. The Kier molecular flexibility index (Phi) is 6.30. The summed E-state index contributed by atoms with van der Waals surface area (Å²) in [6.45, 7) is 5.86. The molecule has 0 radical (unpaired) electrons. The van der Waals surface area contributed by atoms with Gasteiger partial charge in [0.1, 0.15) is 0 Å². The molecule has 0 spiro atoms. The second-order valence-corrected chi connectivity index (χ2v) is 6.72. The molecule has 2 aromatic rings. The third-order valence-electron chi connectivity index (χ3n) is 3.61. The van der Waals surface area contributed by atoms with Gasteiger partial charge in [-0.3, -0.25) is 25.2 Å². The molecule has 1 aromatic carbocycles. The highest BCUT2D eigenvalue weighted by molar-refractivity contribution is 7.14. The Hall–Kier alpha value is -2.67. The van der Waals surface area contributed by atoms with Gasteiger partial charge >= 0.3 is 0 Å². The molecular formula is C18H21N3O3S. The normalized spacial score (nSPS) is 10.2.